The summed E-state index contributed by atoms with van der Waals surface area (Å²) in [5.74, 6) is 0. The number of nitrogens with zero attached hydrogens (tertiary/aromatic N) is 1. The molecule has 26 heavy (non-hydrogen) atoms. The zero-order valence-electron chi connectivity index (χ0n) is 13.8. The van der Waals surface area contributed by atoms with E-state index in [-0.39, 0.29) is 4.90 Å². The molecule has 5 heteroatoms. The van der Waals surface area contributed by atoms with Gasteiger partial charge in [0.25, 0.3) is 10.0 Å². The van der Waals surface area contributed by atoms with E-state index < -0.39 is 10.0 Å². The zero-order valence-corrected chi connectivity index (χ0v) is 14.6. The van der Waals surface area contributed by atoms with Crippen molar-refractivity contribution in [1.82, 2.24) is 4.98 Å². The van der Waals surface area contributed by atoms with Crippen LogP contribution in [0, 0.1) is 0 Å². The second-order valence-corrected chi connectivity index (χ2v) is 7.56. The smallest absolute Gasteiger partial charge is 0.261 e. The lowest BCUT2D eigenvalue weighted by molar-refractivity contribution is 0.601. The average Bonchev–Trinajstić information content (AvgIpc) is 2.69. The Hall–Kier alpha value is -3.18. The molecule has 4 rings (SSSR count). The zero-order chi connectivity index (χ0) is 18.0. The Balaban J connectivity index is 1.66. The van der Waals surface area contributed by atoms with Gasteiger partial charge in [-0.3, -0.25) is 9.71 Å². The maximum absolute atomic E-state index is 12.8. The molecule has 1 N–H and O–H groups in total. The molecule has 0 bridgehead atoms. The highest BCUT2D eigenvalue weighted by atomic mass is 32.2. The minimum absolute atomic E-state index is 0.213. The van der Waals surface area contributed by atoms with Crippen molar-refractivity contribution >= 4 is 26.6 Å². The fourth-order valence-corrected chi connectivity index (χ4v) is 3.91. The van der Waals surface area contributed by atoms with Gasteiger partial charge in [0, 0.05) is 11.6 Å². The van der Waals surface area contributed by atoms with E-state index in [1.807, 2.05) is 60.7 Å². The molecule has 0 saturated carbocycles. The molecule has 0 aliphatic carbocycles. The van der Waals surface area contributed by atoms with Gasteiger partial charge in [-0.25, -0.2) is 8.42 Å². The largest absolute Gasteiger partial charge is 0.277 e. The third kappa shape index (κ3) is 3.17. The molecule has 128 valence electrons. The highest BCUT2D eigenvalue weighted by Crippen LogP contribution is 2.25. The normalized spacial score (nSPS) is 11.4. The molecule has 0 radical (unpaired) electrons. The topological polar surface area (TPSA) is 59.1 Å². The molecule has 4 nitrogen and oxygen atoms in total. The Morgan fingerprint density at radius 1 is 0.692 bits per heavy atom. The Morgan fingerprint density at radius 2 is 1.38 bits per heavy atom. The molecule has 3 aromatic carbocycles. The van der Waals surface area contributed by atoms with Crippen LogP contribution in [0.25, 0.3) is 22.0 Å². The summed E-state index contributed by atoms with van der Waals surface area (Å²) < 4.78 is 28.2. The van der Waals surface area contributed by atoms with E-state index in [2.05, 4.69) is 9.71 Å². The summed E-state index contributed by atoms with van der Waals surface area (Å²) in [6.07, 6.45) is 1.65. The second kappa shape index (κ2) is 6.61. The van der Waals surface area contributed by atoms with Crippen LogP contribution in [0.1, 0.15) is 0 Å². The third-order valence-electron chi connectivity index (χ3n) is 4.15. The van der Waals surface area contributed by atoms with E-state index in [0.29, 0.717) is 11.2 Å². The molecule has 1 heterocycles. The van der Waals surface area contributed by atoms with Crippen LogP contribution in [-0.4, -0.2) is 13.4 Å². The van der Waals surface area contributed by atoms with E-state index >= 15 is 0 Å². The van der Waals surface area contributed by atoms with Gasteiger partial charge in [0.05, 0.1) is 16.1 Å². The molecule has 0 spiro atoms. The van der Waals surface area contributed by atoms with Gasteiger partial charge in [-0.15, -0.1) is 0 Å². The third-order valence-corrected chi connectivity index (χ3v) is 5.53. The van der Waals surface area contributed by atoms with Crippen molar-refractivity contribution in [3.05, 3.63) is 91.1 Å². The first kappa shape index (κ1) is 16.3. The van der Waals surface area contributed by atoms with Crippen molar-refractivity contribution in [2.24, 2.45) is 0 Å². The molecule has 0 aliphatic rings. The summed E-state index contributed by atoms with van der Waals surface area (Å²) in [4.78, 5) is 4.50. The fourth-order valence-electron chi connectivity index (χ4n) is 2.85. The first-order chi connectivity index (χ1) is 12.6. The van der Waals surface area contributed by atoms with E-state index in [1.165, 1.54) is 0 Å². The molecule has 4 aromatic rings. The van der Waals surface area contributed by atoms with Crippen LogP contribution in [-0.2, 0) is 10.0 Å². The molecular weight excluding hydrogens is 344 g/mol. The van der Waals surface area contributed by atoms with E-state index in [9.17, 15) is 8.42 Å². The number of para-hydroxylation sites is 1. The summed E-state index contributed by atoms with van der Waals surface area (Å²) in [5, 5.41) is 0.882. The number of benzene rings is 3. The number of aromatic nitrogens is 1. The van der Waals surface area contributed by atoms with E-state index in [4.69, 9.17) is 0 Å². The molecule has 0 atom stereocenters. The highest BCUT2D eigenvalue weighted by Gasteiger charge is 2.16. The molecule has 0 aliphatic heterocycles. The van der Waals surface area contributed by atoms with Crippen LogP contribution < -0.4 is 4.72 Å². The first-order valence-electron chi connectivity index (χ1n) is 8.15. The Bertz CT molecular complexity index is 1150. The maximum atomic E-state index is 12.8. The Morgan fingerprint density at radius 3 is 2.15 bits per heavy atom. The van der Waals surface area contributed by atoms with Gasteiger partial charge >= 0.3 is 0 Å². The molecule has 0 fully saturated rings. The summed E-state index contributed by atoms with van der Waals surface area (Å²) in [6, 6.07) is 25.8. The van der Waals surface area contributed by atoms with Crippen LogP contribution >= 0.6 is 0 Å². The number of sulfonamides is 1. The Kier molecular flexibility index (Phi) is 4.14. The number of hydrogen-bond acceptors (Lipinski definition) is 3. The lowest BCUT2D eigenvalue weighted by Crippen LogP contribution is -2.13. The standard InChI is InChI=1S/C21H16N2O2S/c24-26(25,23-20-10-4-8-18-9-5-15-22-21(18)20)19-13-11-17(12-14-19)16-6-2-1-3-7-16/h1-15,23H. The maximum Gasteiger partial charge on any atom is 0.261 e. The number of fused-ring (bicyclic) bond motifs is 1. The minimum atomic E-state index is -3.69. The lowest BCUT2D eigenvalue weighted by atomic mass is 10.1. The predicted molar refractivity (Wildman–Crippen MR) is 104 cm³/mol. The van der Waals surface area contributed by atoms with Gasteiger partial charge in [0.15, 0.2) is 0 Å². The van der Waals surface area contributed by atoms with Crippen molar-refractivity contribution < 1.29 is 8.42 Å². The van der Waals surface area contributed by atoms with Crippen molar-refractivity contribution in [2.75, 3.05) is 4.72 Å². The van der Waals surface area contributed by atoms with Gasteiger partial charge in [0.2, 0.25) is 0 Å². The number of rotatable bonds is 4. The minimum Gasteiger partial charge on any atom is -0.277 e. The van der Waals surface area contributed by atoms with Crippen molar-refractivity contribution in [1.29, 1.82) is 0 Å². The quantitative estimate of drug-likeness (QED) is 0.574. The SMILES string of the molecule is O=S(=O)(Nc1cccc2cccnc12)c1ccc(-c2ccccc2)cc1. The summed E-state index contributed by atoms with van der Waals surface area (Å²) in [6.45, 7) is 0. The first-order valence-corrected chi connectivity index (χ1v) is 9.64. The van der Waals surface area contributed by atoms with Crippen molar-refractivity contribution in [3.63, 3.8) is 0 Å². The molecule has 1 aromatic heterocycles. The highest BCUT2D eigenvalue weighted by molar-refractivity contribution is 7.92. The Labute approximate surface area is 152 Å². The monoisotopic (exact) mass is 360 g/mol. The van der Waals surface area contributed by atoms with Gasteiger partial charge in [-0.05, 0) is 35.4 Å². The molecule has 0 unspecified atom stereocenters. The van der Waals surface area contributed by atoms with Crippen molar-refractivity contribution in [2.45, 2.75) is 4.90 Å². The summed E-state index contributed by atoms with van der Waals surface area (Å²) in [5.41, 5.74) is 3.11. The predicted octanol–water partition coefficient (Wildman–Crippen LogP) is 4.70. The van der Waals surface area contributed by atoms with Crippen LogP contribution in [0.5, 0.6) is 0 Å². The van der Waals surface area contributed by atoms with Crippen molar-refractivity contribution in [3.8, 4) is 11.1 Å². The number of nitrogens with one attached hydrogen (secondary N) is 1. The van der Waals surface area contributed by atoms with Gasteiger partial charge < -0.3 is 0 Å². The summed E-state index contributed by atoms with van der Waals surface area (Å²) in [7, 11) is -3.69. The number of anilines is 1. The lowest BCUT2D eigenvalue weighted by Gasteiger charge is -2.11. The van der Waals surface area contributed by atoms with Crippen LogP contribution in [0.3, 0.4) is 0 Å². The van der Waals surface area contributed by atoms with Gasteiger partial charge in [-0.2, -0.15) is 0 Å². The molecular formula is C21H16N2O2S. The second-order valence-electron chi connectivity index (χ2n) is 5.88. The van der Waals surface area contributed by atoms with Gasteiger partial charge in [0.1, 0.15) is 0 Å². The number of pyridine rings is 1. The van der Waals surface area contributed by atoms with E-state index in [1.54, 1.807) is 30.5 Å². The summed E-state index contributed by atoms with van der Waals surface area (Å²) >= 11 is 0. The van der Waals surface area contributed by atoms with Crippen LogP contribution in [0.15, 0.2) is 96.0 Å². The van der Waals surface area contributed by atoms with Gasteiger partial charge in [-0.1, -0.05) is 60.7 Å². The fraction of sp³-hybridized carbons (Fsp3) is 0. The number of hydrogen-bond donors (Lipinski definition) is 1. The molecule has 0 saturated heterocycles. The van der Waals surface area contributed by atoms with Crippen LogP contribution in [0.2, 0.25) is 0 Å². The van der Waals surface area contributed by atoms with E-state index in [0.717, 1.165) is 16.5 Å². The average molecular weight is 360 g/mol. The molecule has 0 amide bonds. The van der Waals surface area contributed by atoms with Crippen LogP contribution in [0.4, 0.5) is 5.69 Å².